The number of hydrogen-bond acceptors (Lipinski definition) is 0. The van der Waals surface area contributed by atoms with E-state index in [1.807, 2.05) is 0 Å². The molecule has 2 aliphatic carbocycles. The van der Waals surface area contributed by atoms with Gasteiger partial charge in [-0.2, -0.15) is 0 Å². The number of nitrogens with one attached hydrogen (secondary N) is 1. The van der Waals surface area contributed by atoms with Gasteiger partial charge in [0.1, 0.15) is 0 Å². The second-order valence-electron chi connectivity index (χ2n) is 15.5. The quantitative estimate of drug-likeness (QED) is 0.206. The second kappa shape index (κ2) is 9.35. The normalized spacial score (nSPS) is 17.8. The minimum Gasteiger partial charge on any atom is -0.355 e. The first kappa shape index (κ1) is 28.4. The van der Waals surface area contributed by atoms with Gasteiger partial charge in [-0.1, -0.05) is 145 Å². The molecule has 0 amide bonds. The van der Waals surface area contributed by atoms with E-state index in [0.717, 1.165) is 0 Å². The monoisotopic (exact) mass is 607 g/mol. The van der Waals surface area contributed by atoms with Crippen LogP contribution in [-0.2, 0) is 16.2 Å². The molecular weight excluding hydrogens is 567 g/mol. The number of fused-ring (bicyclic) bond motifs is 7. The SMILES string of the molecule is CC1(C)c2cc3[nH]c4ccc(-c5ccc6c(c5)C(c5ccccc5)(c5ccccc5)c5ccccc5-6)cc4c3cc2C(C)(C)C1(C)C. The Morgan fingerprint density at radius 3 is 1.62 bits per heavy atom. The summed E-state index contributed by atoms with van der Waals surface area (Å²) < 4.78 is 0. The molecule has 230 valence electrons. The van der Waals surface area contributed by atoms with Crippen molar-refractivity contribution in [3.63, 3.8) is 0 Å². The van der Waals surface area contributed by atoms with Gasteiger partial charge in [0, 0.05) is 21.8 Å². The Hall–Kier alpha value is -4.88. The predicted octanol–water partition coefficient (Wildman–Crippen LogP) is 11.9. The molecular formula is C46H41N. The Balaban J connectivity index is 1.27. The molecule has 1 heteroatoms. The molecule has 0 saturated heterocycles. The fourth-order valence-electron chi connectivity index (χ4n) is 9.24. The van der Waals surface area contributed by atoms with Crippen molar-refractivity contribution in [3.05, 3.63) is 167 Å². The first-order valence-electron chi connectivity index (χ1n) is 17.0. The molecule has 0 aliphatic heterocycles. The van der Waals surface area contributed by atoms with Gasteiger partial charge in [0.2, 0.25) is 0 Å². The number of aromatic nitrogens is 1. The summed E-state index contributed by atoms with van der Waals surface area (Å²) in [5.74, 6) is 0. The van der Waals surface area contributed by atoms with E-state index in [9.17, 15) is 0 Å². The smallest absolute Gasteiger partial charge is 0.0713 e. The molecule has 0 atom stereocenters. The lowest BCUT2D eigenvalue weighted by Crippen LogP contribution is -2.42. The molecule has 1 aromatic heterocycles. The predicted molar refractivity (Wildman–Crippen MR) is 198 cm³/mol. The van der Waals surface area contributed by atoms with E-state index >= 15 is 0 Å². The summed E-state index contributed by atoms with van der Waals surface area (Å²) in [6.45, 7) is 14.6. The third kappa shape index (κ3) is 3.50. The largest absolute Gasteiger partial charge is 0.355 e. The summed E-state index contributed by atoms with van der Waals surface area (Å²) in [4.78, 5) is 3.79. The fraction of sp³-hybridized carbons (Fsp3) is 0.217. The number of rotatable bonds is 3. The van der Waals surface area contributed by atoms with Crippen molar-refractivity contribution in [1.29, 1.82) is 0 Å². The van der Waals surface area contributed by atoms with Crippen LogP contribution in [-0.4, -0.2) is 4.98 Å². The van der Waals surface area contributed by atoms with Crippen LogP contribution in [0.4, 0.5) is 0 Å². The van der Waals surface area contributed by atoms with Gasteiger partial charge < -0.3 is 4.98 Å². The van der Waals surface area contributed by atoms with Crippen LogP contribution in [0.15, 0.2) is 133 Å². The highest BCUT2D eigenvalue weighted by Gasteiger charge is 2.57. The molecule has 9 rings (SSSR count). The van der Waals surface area contributed by atoms with E-state index in [2.05, 4.69) is 180 Å². The molecule has 47 heavy (non-hydrogen) atoms. The molecule has 0 spiro atoms. The summed E-state index contributed by atoms with van der Waals surface area (Å²) in [6.07, 6.45) is 0. The summed E-state index contributed by atoms with van der Waals surface area (Å²) in [7, 11) is 0. The van der Waals surface area contributed by atoms with Crippen LogP contribution >= 0.6 is 0 Å². The lowest BCUT2D eigenvalue weighted by Gasteiger charge is -2.44. The lowest BCUT2D eigenvalue weighted by atomic mass is 9.59. The molecule has 1 nitrogen and oxygen atoms in total. The fourth-order valence-corrected chi connectivity index (χ4v) is 9.24. The summed E-state index contributed by atoms with van der Waals surface area (Å²) in [6, 6.07) is 50.2. The molecule has 1 N–H and O–H groups in total. The van der Waals surface area contributed by atoms with Crippen molar-refractivity contribution in [2.45, 2.75) is 57.8 Å². The number of aromatic amines is 1. The summed E-state index contributed by atoms with van der Waals surface area (Å²) in [5.41, 5.74) is 15.7. The zero-order valence-electron chi connectivity index (χ0n) is 28.2. The molecule has 0 bridgehead atoms. The van der Waals surface area contributed by atoms with E-state index in [0.29, 0.717) is 0 Å². The zero-order chi connectivity index (χ0) is 32.3. The van der Waals surface area contributed by atoms with Gasteiger partial charge in [-0.3, -0.25) is 0 Å². The maximum absolute atomic E-state index is 3.79. The minimum atomic E-state index is -0.402. The standard InChI is InChI=1S/C46H41N/c1-43(2)39-27-36-35-25-29(22-24-41(35)47-42(36)28-40(39)44(3,4)45(43,5)6)30-21-23-34-33-19-13-14-20-37(33)46(38(34)26-30,31-15-9-7-10-16-31)32-17-11-8-12-18-32/h7-28,47H,1-6H3. The van der Waals surface area contributed by atoms with Gasteiger partial charge in [0.25, 0.3) is 0 Å². The maximum atomic E-state index is 3.79. The van der Waals surface area contributed by atoms with Crippen LogP contribution in [0.1, 0.15) is 74.9 Å². The first-order valence-corrected chi connectivity index (χ1v) is 17.0. The van der Waals surface area contributed by atoms with Crippen molar-refractivity contribution in [2.75, 3.05) is 0 Å². The van der Waals surface area contributed by atoms with Crippen molar-refractivity contribution >= 4 is 21.8 Å². The Labute approximate surface area is 278 Å². The van der Waals surface area contributed by atoms with Crippen LogP contribution < -0.4 is 0 Å². The van der Waals surface area contributed by atoms with E-state index in [1.165, 1.54) is 77.4 Å². The van der Waals surface area contributed by atoms with Gasteiger partial charge in [0.05, 0.1) is 5.41 Å². The molecule has 0 fully saturated rings. The highest BCUT2D eigenvalue weighted by Crippen LogP contribution is 2.62. The van der Waals surface area contributed by atoms with Crippen LogP contribution in [0.3, 0.4) is 0 Å². The minimum absolute atomic E-state index is 0.0639. The Bertz CT molecular complexity index is 2330. The topological polar surface area (TPSA) is 15.8 Å². The number of hydrogen-bond donors (Lipinski definition) is 1. The van der Waals surface area contributed by atoms with E-state index in [1.54, 1.807) is 0 Å². The van der Waals surface area contributed by atoms with Crippen LogP contribution in [0.5, 0.6) is 0 Å². The van der Waals surface area contributed by atoms with Crippen molar-refractivity contribution < 1.29 is 0 Å². The van der Waals surface area contributed by atoms with Crippen LogP contribution in [0.25, 0.3) is 44.1 Å². The molecule has 0 saturated carbocycles. The average Bonchev–Trinajstić information content (AvgIpc) is 3.63. The van der Waals surface area contributed by atoms with E-state index < -0.39 is 5.41 Å². The average molecular weight is 608 g/mol. The lowest BCUT2D eigenvalue weighted by molar-refractivity contribution is 0.125. The molecule has 1 heterocycles. The van der Waals surface area contributed by atoms with Gasteiger partial charge >= 0.3 is 0 Å². The third-order valence-electron chi connectivity index (χ3n) is 13.0. The van der Waals surface area contributed by atoms with Crippen LogP contribution in [0, 0.1) is 5.41 Å². The molecule has 0 radical (unpaired) electrons. The second-order valence-corrected chi connectivity index (χ2v) is 15.5. The third-order valence-corrected chi connectivity index (χ3v) is 13.0. The highest BCUT2D eigenvalue weighted by atomic mass is 14.7. The number of benzene rings is 6. The molecule has 6 aromatic carbocycles. The van der Waals surface area contributed by atoms with Gasteiger partial charge in [-0.05, 0) is 102 Å². The highest BCUT2D eigenvalue weighted by molar-refractivity contribution is 6.09. The molecule has 0 unspecified atom stereocenters. The summed E-state index contributed by atoms with van der Waals surface area (Å²) in [5, 5.41) is 2.61. The Morgan fingerprint density at radius 1 is 0.404 bits per heavy atom. The first-order chi connectivity index (χ1) is 22.6. The van der Waals surface area contributed by atoms with Gasteiger partial charge in [0.15, 0.2) is 0 Å². The Morgan fingerprint density at radius 2 is 0.936 bits per heavy atom. The maximum Gasteiger partial charge on any atom is 0.0713 e. The van der Waals surface area contributed by atoms with Gasteiger partial charge in [-0.15, -0.1) is 0 Å². The van der Waals surface area contributed by atoms with Crippen molar-refractivity contribution in [3.8, 4) is 22.3 Å². The van der Waals surface area contributed by atoms with Crippen LogP contribution in [0.2, 0.25) is 0 Å². The summed E-state index contributed by atoms with van der Waals surface area (Å²) >= 11 is 0. The zero-order valence-corrected chi connectivity index (χ0v) is 28.2. The van der Waals surface area contributed by atoms with Crippen molar-refractivity contribution in [2.24, 2.45) is 5.41 Å². The Kier molecular flexibility index (Phi) is 5.64. The molecule has 7 aromatic rings. The van der Waals surface area contributed by atoms with E-state index in [-0.39, 0.29) is 16.2 Å². The van der Waals surface area contributed by atoms with E-state index in [4.69, 9.17) is 0 Å². The van der Waals surface area contributed by atoms with Gasteiger partial charge in [-0.25, -0.2) is 0 Å². The molecule has 2 aliphatic rings. The number of H-pyrrole nitrogens is 1. The van der Waals surface area contributed by atoms with Crippen molar-refractivity contribution in [1.82, 2.24) is 4.98 Å².